The normalized spacial score (nSPS) is 14.7. The molecule has 6 heteroatoms. The summed E-state index contributed by atoms with van der Waals surface area (Å²) in [5.74, 6) is -1.21. The predicted octanol–water partition coefficient (Wildman–Crippen LogP) is -0.767. The van der Waals surface area contributed by atoms with E-state index in [0.29, 0.717) is 0 Å². The minimum atomic E-state index is -2.54. The van der Waals surface area contributed by atoms with Gasteiger partial charge in [0, 0.05) is 11.3 Å². The molecule has 0 fully saturated rings. The molecule has 0 aromatic heterocycles. The van der Waals surface area contributed by atoms with Crippen LogP contribution in [0.4, 0.5) is 0 Å². The molecule has 60 valence electrons. The summed E-state index contributed by atoms with van der Waals surface area (Å²) < 4.78 is 21.7. The molecule has 0 heterocycles. The van der Waals surface area contributed by atoms with Gasteiger partial charge in [0.2, 0.25) is 0 Å². The van der Waals surface area contributed by atoms with Crippen molar-refractivity contribution < 1.29 is 18.7 Å². The van der Waals surface area contributed by atoms with Crippen LogP contribution < -0.4 is 4.72 Å². The van der Waals surface area contributed by atoms with E-state index in [2.05, 4.69) is 0 Å². The fourth-order valence-electron chi connectivity index (χ4n) is 0.252. The van der Waals surface area contributed by atoms with E-state index in [9.17, 15) is 13.6 Å². The van der Waals surface area contributed by atoms with Gasteiger partial charge in [-0.1, -0.05) is 0 Å². The monoisotopic (exact) mass is 166 g/mol. The quantitative estimate of drug-likeness (QED) is 0.539. The molecule has 5 nitrogen and oxygen atoms in total. The number of rotatable bonds is 3. The third-order valence-corrected chi connectivity index (χ3v) is 1.55. The fourth-order valence-corrected chi connectivity index (χ4v) is 0.756. The number of hydrogen-bond acceptors (Lipinski definition) is 3. The molecule has 1 unspecified atom stereocenters. The smallest absolute Gasteiger partial charge is 0.324 e. The Labute approximate surface area is 60.9 Å². The lowest BCUT2D eigenvalue weighted by Gasteiger charge is -2.21. The van der Waals surface area contributed by atoms with Crippen LogP contribution in [0.1, 0.15) is 13.8 Å². The van der Waals surface area contributed by atoms with Gasteiger partial charge in [-0.25, -0.2) is 4.72 Å². The van der Waals surface area contributed by atoms with Crippen molar-refractivity contribution >= 4 is 17.2 Å². The zero-order valence-electron chi connectivity index (χ0n) is 5.58. The van der Waals surface area contributed by atoms with Crippen LogP contribution in [-0.2, 0) is 16.1 Å². The molecule has 0 saturated heterocycles. The second-order valence-corrected chi connectivity index (χ2v) is 2.94. The highest BCUT2D eigenvalue weighted by Gasteiger charge is 2.26. The van der Waals surface area contributed by atoms with Crippen molar-refractivity contribution in [2.45, 2.75) is 19.4 Å². The van der Waals surface area contributed by atoms with Gasteiger partial charge in [-0.05, 0) is 13.8 Å². The van der Waals surface area contributed by atoms with E-state index in [1.165, 1.54) is 13.8 Å². The van der Waals surface area contributed by atoms with Gasteiger partial charge in [-0.2, -0.15) is 0 Å². The Bertz CT molecular complexity index is 167. The van der Waals surface area contributed by atoms with E-state index in [1.54, 1.807) is 0 Å². The summed E-state index contributed by atoms with van der Waals surface area (Å²) in [5, 5.41) is 8.35. The largest absolute Gasteiger partial charge is 0.760 e. The molecule has 0 saturated carbocycles. The van der Waals surface area contributed by atoms with Crippen molar-refractivity contribution in [2.75, 3.05) is 0 Å². The average molecular weight is 166 g/mol. The van der Waals surface area contributed by atoms with Crippen LogP contribution in [0.2, 0.25) is 0 Å². The second kappa shape index (κ2) is 3.09. The van der Waals surface area contributed by atoms with E-state index < -0.39 is 22.8 Å². The number of nitrogens with one attached hydrogen (secondary N) is 1. The van der Waals surface area contributed by atoms with Crippen molar-refractivity contribution in [1.82, 2.24) is 4.72 Å². The maximum atomic E-state index is 10.2. The van der Waals surface area contributed by atoms with Gasteiger partial charge in [0.25, 0.3) is 0 Å². The molecule has 10 heavy (non-hydrogen) atoms. The fraction of sp³-hybridized carbons (Fsp3) is 0.750. The Balaban J connectivity index is 4.13. The first-order valence-corrected chi connectivity index (χ1v) is 3.54. The highest BCUT2D eigenvalue weighted by atomic mass is 32.2. The van der Waals surface area contributed by atoms with Gasteiger partial charge in [0.15, 0.2) is 0 Å². The van der Waals surface area contributed by atoms with Crippen LogP contribution >= 0.6 is 0 Å². The maximum absolute atomic E-state index is 10.2. The van der Waals surface area contributed by atoms with E-state index in [4.69, 9.17) is 5.11 Å². The van der Waals surface area contributed by atoms with Crippen LogP contribution in [0.15, 0.2) is 0 Å². The van der Waals surface area contributed by atoms with E-state index >= 15 is 0 Å². The first-order valence-electron chi connectivity index (χ1n) is 2.47. The highest BCUT2D eigenvalue weighted by Crippen LogP contribution is 2.00. The predicted molar refractivity (Wildman–Crippen MR) is 33.8 cm³/mol. The number of carboxylic acids is 1. The summed E-state index contributed by atoms with van der Waals surface area (Å²) >= 11 is -2.54. The minimum absolute atomic E-state index is 1.21. The van der Waals surface area contributed by atoms with E-state index in [0.717, 1.165) is 0 Å². The third kappa shape index (κ3) is 2.90. The average Bonchev–Trinajstić information content (AvgIpc) is 1.60. The van der Waals surface area contributed by atoms with Crippen molar-refractivity contribution in [1.29, 1.82) is 0 Å². The molecule has 2 N–H and O–H groups in total. The topological polar surface area (TPSA) is 89.5 Å². The van der Waals surface area contributed by atoms with Crippen LogP contribution in [0.3, 0.4) is 0 Å². The third-order valence-electron chi connectivity index (χ3n) is 0.873. The van der Waals surface area contributed by atoms with Gasteiger partial charge >= 0.3 is 5.97 Å². The maximum Gasteiger partial charge on any atom is 0.324 e. The molecule has 0 rings (SSSR count). The van der Waals surface area contributed by atoms with Gasteiger partial charge < -0.3 is 9.66 Å². The summed E-state index contributed by atoms with van der Waals surface area (Å²) in [7, 11) is 0. The number of carbonyl (C=O) groups is 1. The van der Waals surface area contributed by atoms with E-state index in [1.807, 2.05) is 4.72 Å². The molecule has 0 aromatic rings. The Morgan fingerprint density at radius 3 is 2.20 bits per heavy atom. The highest BCUT2D eigenvalue weighted by molar-refractivity contribution is 7.77. The van der Waals surface area contributed by atoms with Crippen molar-refractivity contribution in [3.63, 3.8) is 0 Å². The van der Waals surface area contributed by atoms with Crippen LogP contribution in [0.5, 0.6) is 0 Å². The summed E-state index contributed by atoms with van der Waals surface area (Å²) in [6, 6.07) is 0. The van der Waals surface area contributed by atoms with Crippen LogP contribution in [-0.4, -0.2) is 25.4 Å². The standard InChI is InChI=1S/C4H9NO4S/c1-4(2,3(6)7)5-10(8)9/h5H,1-2H3,(H,6,7)(H,8,9)/p-1. The summed E-state index contributed by atoms with van der Waals surface area (Å²) in [5.41, 5.74) is -1.42. The molecule has 1 atom stereocenters. The second-order valence-electron chi connectivity index (χ2n) is 2.27. The minimum Gasteiger partial charge on any atom is -0.760 e. The molecule has 0 aliphatic heterocycles. The SMILES string of the molecule is CC(C)(NS(=O)[O-])C(=O)O. The lowest BCUT2D eigenvalue weighted by atomic mass is 10.1. The zero-order valence-corrected chi connectivity index (χ0v) is 6.40. The van der Waals surface area contributed by atoms with Gasteiger partial charge in [-0.3, -0.25) is 9.00 Å². The number of hydrogen-bond donors (Lipinski definition) is 2. The van der Waals surface area contributed by atoms with Gasteiger partial charge in [0.1, 0.15) is 5.54 Å². The van der Waals surface area contributed by atoms with Crippen molar-refractivity contribution in [3.05, 3.63) is 0 Å². The van der Waals surface area contributed by atoms with Crippen molar-refractivity contribution in [3.8, 4) is 0 Å². The lowest BCUT2D eigenvalue weighted by molar-refractivity contribution is -0.142. The summed E-state index contributed by atoms with van der Waals surface area (Å²) in [4.78, 5) is 10.2. The molecule has 0 aliphatic rings. The van der Waals surface area contributed by atoms with Gasteiger partial charge in [0.05, 0.1) is 0 Å². The zero-order chi connectivity index (χ0) is 8.36. The number of aliphatic carboxylic acids is 1. The van der Waals surface area contributed by atoms with Gasteiger partial charge in [-0.15, -0.1) is 0 Å². The Hall–Kier alpha value is -0.460. The molecule has 0 spiro atoms. The lowest BCUT2D eigenvalue weighted by Crippen LogP contribution is -2.47. The first-order chi connectivity index (χ1) is 4.36. The molecule has 0 amide bonds. The van der Waals surface area contributed by atoms with E-state index in [-0.39, 0.29) is 0 Å². The molecular weight excluding hydrogens is 158 g/mol. The van der Waals surface area contributed by atoms with Crippen molar-refractivity contribution in [2.24, 2.45) is 0 Å². The van der Waals surface area contributed by atoms with Crippen LogP contribution in [0.25, 0.3) is 0 Å². The Morgan fingerprint density at radius 1 is 1.70 bits per heavy atom. The summed E-state index contributed by atoms with van der Waals surface area (Å²) in [6.07, 6.45) is 0. The molecule has 0 aromatic carbocycles. The first kappa shape index (κ1) is 9.54. The Kier molecular flexibility index (Phi) is 2.95. The van der Waals surface area contributed by atoms with Crippen LogP contribution in [0, 0.1) is 0 Å². The number of carboxylic acid groups (broad SMARTS) is 1. The Morgan fingerprint density at radius 2 is 2.10 bits per heavy atom. The summed E-state index contributed by atoms with van der Waals surface area (Å²) in [6.45, 7) is 2.51. The molecule has 0 radical (unpaired) electrons. The molecule has 0 bridgehead atoms. The molecular formula is C4H8NO4S-. The molecule has 0 aliphatic carbocycles.